The minimum atomic E-state index is -2.63. The standard InChI is InChI=1S/C28H31FO6/c1-32-22-12-8-19(16-24(22)34-3)10-14-26(30)28(29,18-21-6-5-7-21)27(31)15-11-20-9-13-23(33-2)25(17-20)35-4/h8-17,21H,5-7,18H2,1-4H3. The molecule has 7 heteroatoms. The van der Waals surface area contributed by atoms with Gasteiger partial charge in [-0.25, -0.2) is 4.39 Å². The summed E-state index contributed by atoms with van der Waals surface area (Å²) in [6.45, 7) is 0. The SMILES string of the molecule is COc1ccc(C=CC(=O)C(F)(CC2CCC2)C(=O)C=Cc2ccc(OC)c(OC)c2)cc1OC. The molecule has 0 heterocycles. The van der Waals surface area contributed by atoms with Crippen LogP contribution in [0.25, 0.3) is 12.2 Å². The number of hydrogen-bond acceptors (Lipinski definition) is 6. The van der Waals surface area contributed by atoms with E-state index in [1.807, 2.05) is 0 Å². The minimum absolute atomic E-state index is 0.0110. The Kier molecular flexibility index (Phi) is 8.68. The van der Waals surface area contributed by atoms with Gasteiger partial charge in [0.15, 0.2) is 23.0 Å². The van der Waals surface area contributed by atoms with Crippen LogP contribution in [0.1, 0.15) is 36.8 Å². The first kappa shape index (κ1) is 26.0. The molecule has 1 aliphatic carbocycles. The number of rotatable bonds is 12. The van der Waals surface area contributed by atoms with Gasteiger partial charge in [-0.2, -0.15) is 0 Å². The van der Waals surface area contributed by atoms with Crippen molar-refractivity contribution < 1.29 is 32.9 Å². The van der Waals surface area contributed by atoms with Gasteiger partial charge in [-0.3, -0.25) is 9.59 Å². The van der Waals surface area contributed by atoms with Crippen LogP contribution < -0.4 is 18.9 Å². The van der Waals surface area contributed by atoms with E-state index in [9.17, 15) is 9.59 Å². The monoisotopic (exact) mass is 482 g/mol. The number of methoxy groups -OCH3 is 4. The third-order valence-electron chi connectivity index (χ3n) is 6.25. The van der Waals surface area contributed by atoms with Crippen molar-refractivity contribution in [1.29, 1.82) is 0 Å². The molecular weight excluding hydrogens is 451 g/mol. The van der Waals surface area contributed by atoms with Crippen molar-refractivity contribution in [3.8, 4) is 23.0 Å². The molecule has 0 N–H and O–H groups in total. The maximum atomic E-state index is 16.1. The Morgan fingerprint density at radius 1 is 0.800 bits per heavy atom. The smallest absolute Gasteiger partial charge is 0.234 e. The van der Waals surface area contributed by atoms with Gasteiger partial charge >= 0.3 is 0 Å². The third-order valence-corrected chi connectivity index (χ3v) is 6.25. The molecule has 6 nitrogen and oxygen atoms in total. The van der Waals surface area contributed by atoms with Crippen molar-refractivity contribution in [3.63, 3.8) is 0 Å². The minimum Gasteiger partial charge on any atom is -0.493 e. The summed E-state index contributed by atoms with van der Waals surface area (Å²) in [5.74, 6) is 0.306. The topological polar surface area (TPSA) is 71.1 Å². The molecule has 2 aromatic rings. The molecule has 0 aromatic heterocycles. The number of carbonyl (C=O) groups is 2. The number of hydrogen-bond donors (Lipinski definition) is 0. The van der Waals surface area contributed by atoms with Crippen LogP contribution in [0.4, 0.5) is 4.39 Å². The van der Waals surface area contributed by atoms with Crippen LogP contribution >= 0.6 is 0 Å². The lowest BCUT2D eigenvalue weighted by Crippen LogP contribution is -2.43. The molecular formula is C28H31FO6. The van der Waals surface area contributed by atoms with E-state index in [0.717, 1.165) is 31.4 Å². The molecule has 35 heavy (non-hydrogen) atoms. The van der Waals surface area contributed by atoms with Crippen LogP contribution in [0.5, 0.6) is 23.0 Å². The van der Waals surface area contributed by atoms with E-state index >= 15 is 4.39 Å². The van der Waals surface area contributed by atoms with Crippen LogP contribution in [0.3, 0.4) is 0 Å². The van der Waals surface area contributed by atoms with Gasteiger partial charge in [-0.1, -0.05) is 43.5 Å². The van der Waals surface area contributed by atoms with E-state index in [1.54, 1.807) is 36.4 Å². The summed E-state index contributed by atoms with van der Waals surface area (Å²) in [5.41, 5.74) is -1.39. The quantitative estimate of drug-likeness (QED) is 0.295. The normalized spacial score (nSPS) is 15.5. The molecule has 186 valence electrons. The summed E-state index contributed by atoms with van der Waals surface area (Å²) in [4.78, 5) is 26.0. The average Bonchev–Trinajstić information content (AvgIpc) is 2.87. The zero-order chi connectivity index (χ0) is 25.4. The van der Waals surface area contributed by atoms with E-state index < -0.39 is 17.2 Å². The summed E-state index contributed by atoms with van der Waals surface area (Å²) in [7, 11) is 6.06. The summed E-state index contributed by atoms with van der Waals surface area (Å²) >= 11 is 0. The molecule has 0 unspecified atom stereocenters. The predicted octanol–water partition coefficient (Wildman–Crippen LogP) is 5.48. The van der Waals surface area contributed by atoms with Crippen molar-refractivity contribution >= 4 is 23.7 Å². The van der Waals surface area contributed by atoms with E-state index in [0.29, 0.717) is 34.1 Å². The second-order valence-corrected chi connectivity index (χ2v) is 8.43. The van der Waals surface area contributed by atoms with Gasteiger partial charge in [0.2, 0.25) is 17.2 Å². The first-order valence-electron chi connectivity index (χ1n) is 11.4. The zero-order valence-corrected chi connectivity index (χ0v) is 20.5. The highest BCUT2D eigenvalue weighted by Crippen LogP contribution is 2.37. The summed E-state index contributed by atoms with van der Waals surface area (Å²) < 4.78 is 37.1. The molecule has 0 spiro atoms. The van der Waals surface area contributed by atoms with Crippen LogP contribution in [0.15, 0.2) is 48.6 Å². The van der Waals surface area contributed by atoms with E-state index in [1.165, 1.54) is 40.6 Å². The first-order chi connectivity index (χ1) is 16.8. The Morgan fingerprint density at radius 3 is 1.57 bits per heavy atom. The Balaban J connectivity index is 1.83. The number of benzene rings is 2. The summed E-state index contributed by atoms with van der Waals surface area (Å²) in [5, 5.41) is 0. The van der Waals surface area contributed by atoms with Gasteiger partial charge < -0.3 is 18.9 Å². The molecule has 1 fully saturated rings. The van der Waals surface area contributed by atoms with Crippen molar-refractivity contribution in [2.24, 2.45) is 5.92 Å². The molecule has 0 aliphatic heterocycles. The number of halogens is 1. The van der Waals surface area contributed by atoms with Crippen LogP contribution in [0, 0.1) is 5.92 Å². The summed E-state index contributed by atoms with van der Waals surface area (Å²) in [6, 6.07) is 10.2. The molecule has 0 radical (unpaired) electrons. The zero-order valence-electron chi connectivity index (χ0n) is 20.5. The fourth-order valence-corrected chi connectivity index (χ4v) is 3.94. The lowest BCUT2D eigenvalue weighted by Gasteiger charge is -2.31. The van der Waals surface area contributed by atoms with Crippen molar-refractivity contribution in [2.75, 3.05) is 28.4 Å². The Hall–Kier alpha value is -3.61. The Labute approximate surface area is 205 Å². The van der Waals surface area contributed by atoms with Gasteiger partial charge in [0.1, 0.15) is 0 Å². The first-order valence-corrected chi connectivity index (χ1v) is 11.4. The number of ether oxygens (including phenoxy) is 4. The van der Waals surface area contributed by atoms with Gasteiger partial charge in [-0.15, -0.1) is 0 Å². The second kappa shape index (κ2) is 11.7. The Bertz CT molecular complexity index is 1040. The highest BCUT2D eigenvalue weighted by Gasteiger charge is 2.45. The predicted molar refractivity (Wildman–Crippen MR) is 133 cm³/mol. The average molecular weight is 483 g/mol. The highest BCUT2D eigenvalue weighted by molar-refractivity contribution is 6.20. The molecule has 0 bridgehead atoms. The van der Waals surface area contributed by atoms with E-state index in [-0.39, 0.29) is 12.3 Å². The highest BCUT2D eigenvalue weighted by atomic mass is 19.1. The van der Waals surface area contributed by atoms with Crippen LogP contribution in [-0.4, -0.2) is 45.7 Å². The maximum Gasteiger partial charge on any atom is 0.234 e. The fourth-order valence-electron chi connectivity index (χ4n) is 3.94. The van der Waals surface area contributed by atoms with Gasteiger partial charge in [0.05, 0.1) is 28.4 Å². The van der Waals surface area contributed by atoms with Crippen LogP contribution in [0.2, 0.25) is 0 Å². The lowest BCUT2D eigenvalue weighted by molar-refractivity contribution is -0.139. The summed E-state index contributed by atoms with van der Waals surface area (Å²) in [6.07, 6.45) is 7.68. The molecule has 3 rings (SSSR count). The van der Waals surface area contributed by atoms with Gasteiger partial charge in [-0.05, 0) is 59.9 Å². The van der Waals surface area contributed by atoms with Crippen molar-refractivity contribution in [1.82, 2.24) is 0 Å². The molecule has 0 atom stereocenters. The number of alkyl halides is 1. The molecule has 0 saturated heterocycles. The van der Waals surface area contributed by atoms with Crippen molar-refractivity contribution in [3.05, 3.63) is 59.7 Å². The van der Waals surface area contributed by atoms with Crippen molar-refractivity contribution in [2.45, 2.75) is 31.4 Å². The van der Waals surface area contributed by atoms with E-state index in [4.69, 9.17) is 18.9 Å². The lowest BCUT2D eigenvalue weighted by atomic mass is 9.75. The molecule has 1 saturated carbocycles. The van der Waals surface area contributed by atoms with Gasteiger partial charge in [0.25, 0.3) is 0 Å². The Morgan fingerprint density at radius 2 is 1.23 bits per heavy atom. The molecule has 1 aliphatic rings. The molecule has 0 amide bonds. The molecule has 2 aromatic carbocycles. The number of ketones is 2. The second-order valence-electron chi connectivity index (χ2n) is 8.43. The van der Waals surface area contributed by atoms with E-state index in [2.05, 4.69) is 0 Å². The number of carbonyl (C=O) groups excluding carboxylic acids is 2. The largest absolute Gasteiger partial charge is 0.493 e. The third kappa shape index (κ3) is 6.10. The van der Waals surface area contributed by atoms with Crippen LogP contribution in [-0.2, 0) is 9.59 Å². The maximum absolute atomic E-state index is 16.1. The number of allylic oxidation sites excluding steroid dienone is 2. The van der Waals surface area contributed by atoms with Gasteiger partial charge in [0, 0.05) is 0 Å². The fraction of sp³-hybridized carbons (Fsp3) is 0.357.